The van der Waals surface area contributed by atoms with Gasteiger partial charge >= 0.3 is 0 Å². The summed E-state index contributed by atoms with van der Waals surface area (Å²) in [6, 6.07) is 2.39. The van der Waals surface area contributed by atoms with E-state index in [0.29, 0.717) is 6.04 Å². The Kier molecular flexibility index (Phi) is 2.00. The highest BCUT2D eigenvalue weighted by Crippen LogP contribution is 2.41. The average Bonchev–Trinajstić information content (AvgIpc) is 2.98. The van der Waals surface area contributed by atoms with Crippen molar-refractivity contribution in [3.05, 3.63) is 18.1 Å². The number of fused-ring (bicyclic) bond motifs is 1. The van der Waals surface area contributed by atoms with Crippen molar-refractivity contribution in [3.8, 4) is 0 Å². The molecule has 4 heteroatoms. The van der Waals surface area contributed by atoms with E-state index in [-0.39, 0.29) is 5.41 Å². The highest BCUT2D eigenvalue weighted by Gasteiger charge is 2.33. The summed E-state index contributed by atoms with van der Waals surface area (Å²) in [5, 5.41) is 0. The number of pyridine rings is 1. The minimum atomic E-state index is 0.0235. The average molecular weight is 230 g/mol. The van der Waals surface area contributed by atoms with Crippen molar-refractivity contribution in [1.82, 2.24) is 14.5 Å². The lowest BCUT2D eigenvalue weighted by molar-refractivity contribution is 0.506. The molecule has 0 spiro atoms. The smallest absolute Gasteiger partial charge is 0.162 e. The molecule has 2 N–H and O–H groups in total. The van der Waals surface area contributed by atoms with E-state index in [2.05, 4.69) is 30.3 Å². The number of aromatic nitrogens is 3. The Morgan fingerprint density at radius 1 is 1.35 bits per heavy atom. The first-order chi connectivity index (χ1) is 7.98. The van der Waals surface area contributed by atoms with Crippen LogP contribution < -0.4 is 5.73 Å². The molecule has 1 saturated carbocycles. The fourth-order valence-corrected chi connectivity index (χ4v) is 2.22. The summed E-state index contributed by atoms with van der Waals surface area (Å²) >= 11 is 0. The number of imidazole rings is 1. The second kappa shape index (κ2) is 3.22. The van der Waals surface area contributed by atoms with Gasteiger partial charge in [0.05, 0.1) is 5.69 Å². The van der Waals surface area contributed by atoms with Crippen molar-refractivity contribution in [2.24, 2.45) is 0 Å². The number of nitrogens with zero attached hydrogens (tertiary/aromatic N) is 3. The number of hydrogen-bond acceptors (Lipinski definition) is 3. The summed E-state index contributed by atoms with van der Waals surface area (Å²) in [7, 11) is 0. The van der Waals surface area contributed by atoms with Gasteiger partial charge in [-0.3, -0.25) is 0 Å². The van der Waals surface area contributed by atoms with Crippen molar-refractivity contribution in [3.63, 3.8) is 0 Å². The van der Waals surface area contributed by atoms with Crippen LogP contribution in [0, 0.1) is 0 Å². The summed E-state index contributed by atoms with van der Waals surface area (Å²) in [6.07, 6.45) is 4.22. The molecule has 1 aliphatic carbocycles. The van der Waals surface area contributed by atoms with Gasteiger partial charge in [-0.05, 0) is 18.9 Å². The molecule has 0 amide bonds. The quantitative estimate of drug-likeness (QED) is 0.819. The van der Waals surface area contributed by atoms with Crippen LogP contribution in [0.5, 0.6) is 0 Å². The molecule has 17 heavy (non-hydrogen) atoms. The first-order valence-corrected chi connectivity index (χ1v) is 6.11. The normalized spacial score (nSPS) is 16.6. The fourth-order valence-electron chi connectivity index (χ4n) is 2.22. The minimum Gasteiger partial charge on any atom is -0.397 e. The molecule has 0 saturated heterocycles. The number of nitrogens with two attached hydrogens (primary N) is 1. The molecule has 1 aliphatic rings. The second-order valence-electron chi connectivity index (χ2n) is 5.86. The van der Waals surface area contributed by atoms with Crippen LogP contribution >= 0.6 is 0 Å². The standard InChI is InChI=1S/C13H18N4/c1-13(2,3)12-16-10-9(14)6-7-15-11(10)17(12)8-4-5-8/h6-8H,4-5H2,1-3H3,(H2,14,15). The Labute approximate surface area is 101 Å². The molecule has 4 nitrogen and oxygen atoms in total. The molecule has 2 heterocycles. The maximum absolute atomic E-state index is 5.99. The van der Waals surface area contributed by atoms with E-state index in [1.165, 1.54) is 12.8 Å². The lowest BCUT2D eigenvalue weighted by atomic mass is 9.95. The summed E-state index contributed by atoms with van der Waals surface area (Å²) in [4.78, 5) is 9.18. The highest BCUT2D eigenvalue weighted by atomic mass is 15.2. The second-order valence-corrected chi connectivity index (χ2v) is 5.86. The third-order valence-corrected chi connectivity index (χ3v) is 3.19. The van der Waals surface area contributed by atoms with Crippen LogP contribution in [-0.4, -0.2) is 14.5 Å². The molecule has 90 valence electrons. The van der Waals surface area contributed by atoms with Gasteiger partial charge in [-0.1, -0.05) is 20.8 Å². The Hall–Kier alpha value is -1.58. The number of nitrogen functional groups attached to an aromatic ring is 1. The Morgan fingerprint density at radius 2 is 2.06 bits per heavy atom. The van der Waals surface area contributed by atoms with Crippen molar-refractivity contribution < 1.29 is 0 Å². The van der Waals surface area contributed by atoms with Gasteiger partial charge in [-0.15, -0.1) is 0 Å². The predicted molar refractivity (Wildman–Crippen MR) is 68.9 cm³/mol. The van der Waals surface area contributed by atoms with Gasteiger partial charge in [-0.25, -0.2) is 9.97 Å². The van der Waals surface area contributed by atoms with Gasteiger partial charge in [0.25, 0.3) is 0 Å². The molecule has 2 aromatic rings. The summed E-state index contributed by atoms with van der Waals surface area (Å²) in [5.41, 5.74) is 8.53. The molecule has 0 unspecified atom stereocenters. The molecule has 2 aromatic heterocycles. The molecular formula is C13H18N4. The number of anilines is 1. The number of rotatable bonds is 1. The van der Waals surface area contributed by atoms with Crippen molar-refractivity contribution in [2.75, 3.05) is 5.73 Å². The van der Waals surface area contributed by atoms with Gasteiger partial charge in [0, 0.05) is 17.7 Å². The first-order valence-electron chi connectivity index (χ1n) is 6.11. The van der Waals surface area contributed by atoms with E-state index >= 15 is 0 Å². The molecular weight excluding hydrogens is 212 g/mol. The molecule has 0 radical (unpaired) electrons. The molecule has 3 rings (SSSR count). The number of hydrogen-bond donors (Lipinski definition) is 1. The molecule has 1 fully saturated rings. The highest BCUT2D eigenvalue weighted by molar-refractivity contribution is 5.84. The van der Waals surface area contributed by atoms with Gasteiger partial charge < -0.3 is 10.3 Å². The summed E-state index contributed by atoms with van der Waals surface area (Å²) in [5.74, 6) is 1.10. The van der Waals surface area contributed by atoms with E-state index < -0.39 is 0 Å². The van der Waals surface area contributed by atoms with Crippen LogP contribution in [0.4, 0.5) is 5.69 Å². The van der Waals surface area contributed by atoms with E-state index in [1.54, 1.807) is 6.20 Å². The van der Waals surface area contributed by atoms with Crippen LogP contribution in [0.3, 0.4) is 0 Å². The van der Waals surface area contributed by atoms with Gasteiger partial charge in [-0.2, -0.15) is 0 Å². The van der Waals surface area contributed by atoms with E-state index in [0.717, 1.165) is 22.7 Å². The maximum Gasteiger partial charge on any atom is 0.162 e. The Morgan fingerprint density at radius 3 is 2.65 bits per heavy atom. The lowest BCUT2D eigenvalue weighted by Crippen LogP contribution is -2.18. The third kappa shape index (κ3) is 1.59. The van der Waals surface area contributed by atoms with Gasteiger partial charge in [0.15, 0.2) is 5.65 Å². The zero-order valence-corrected chi connectivity index (χ0v) is 10.6. The van der Waals surface area contributed by atoms with Crippen molar-refractivity contribution >= 4 is 16.9 Å². The summed E-state index contributed by atoms with van der Waals surface area (Å²) < 4.78 is 2.28. The third-order valence-electron chi connectivity index (χ3n) is 3.19. The monoisotopic (exact) mass is 230 g/mol. The van der Waals surface area contributed by atoms with Gasteiger partial charge in [0.1, 0.15) is 11.3 Å². The van der Waals surface area contributed by atoms with Crippen LogP contribution in [0.2, 0.25) is 0 Å². The van der Waals surface area contributed by atoms with E-state index in [9.17, 15) is 0 Å². The Bertz CT molecular complexity index is 573. The van der Waals surface area contributed by atoms with E-state index in [4.69, 9.17) is 10.7 Å². The molecule has 0 aromatic carbocycles. The van der Waals surface area contributed by atoms with E-state index in [1.807, 2.05) is 6.07 Å². The SMILES string of the molecule is CC(C)(C)c1nc2c(N)ccnc2n1C1CC1. The van der Waals surface area contributed by atoms with Crippen molar-refractivity contribution in [1.29, 1.82) is 0 Å². The van der Waals surface area contributed by atoms with Crippen LogP contribution in [-0.2, 0) is 5.41 Å². The molecule has 0 aliphatic heterocycles. The predicted octanol–water partition coefficient (Wildman–Crippen LogP) is 2.65. The zero-order valence-electron chi connectivity index (χ0n) is 10.6. The van der Waals surface area contributed by atoms with Crippen LogP contribution in [0.1, 0.15) is 45.5 Å². The first kappa shape index (κ1) is 10.6. The largest absolute Gasteiger partial charge is 0.397 e. The maximum atomic E-state index is 5.99. The lowest BCUT2D eigenvalue weighted by Gasteiger charge is -2.19. The fraction of sp³-hybridized carbons (Fsp3) is 0.538. The zero-order chi connectivity index (χ0) is 12.2. The topological polar surface area (TPSA) is 56.7 Å². The van der Waals surface area contributed by atoms with Crippen molar-refractivity contribution in [2.45, 2.75) is 45.1 Å². The molecule has 0 bridgehead atoms. The van der Waals surface area contributed by atoms with Gasteiger partial charge in [0.2, 0.25) is 0 Å². The molecule has 0 atom stereocenters. The van der Waals surface area contributed by atoms with Crippen LogP contribution in [0.25, 0.3) is 11.2 Å². The Balaban J connectivity index is 2.34. The van der Waals surface area contributed by atoms with Crippen LogP contribution in [0.15, 0.2) is 12.3 Å². The summed E-state index contributed by atoms with van der Waals surface area (Å²) in [6.45, 7) is 6.55. The minimum absolute atomic E-state index is 0.0235.